The van der Waals surface area contributed by atoms with E-state index in [1.54, 1.807) is 24.8 Å². The molecule has 0 radical (unpaired) electrons. The molecule has 5 heterocycles. The number of piperazine rings is 1. The van der Waals surface area contributed by atoms with Crippen molar-refractivity contribution in [2.75, 3.05) is 46.4 Å². The molecule has 1 saturated heterocycles. The Labute approximate surface area is 238 Å². The fourth-order valence-corrected chi connectivity index (χ4v) is 6.31. The zero-order valence-electron chi connectivity index (χ0n) is 23.6. The van der Waals surface area contributed by atoms with Crippen molar-refractivity contribution in [3.05, 3.63) is 52.2 Å². The highest BCUT2D eigenvalue weighted by molar-refractivity contribution is 7.89. The summed E-state index contributed by atoms with van der Waals surface area (Å²) in [6.45, 7) is 9.39. The molecule has 0 amide bonds. The van der Waals surface area contributed by atoms with Crippen LogP contribution in [0.5, 0.6) is 11.8 Å². The summed E-state index contributed by atoms with van der Waals surface area (Å²) in [5.74, 6) is 0.810. The van der Waals surface area contributed by atoms with Gasteiger partial charge >= 0.3 is 0 Å². The first kappa shape index (κ1) is 28.6. The van der Waals surface area contributed by atoms with Crippen LogP contribution in [-0.2, 0) is 23.0 Å². The molecule has 0 bridgehead atoms. The minimum Gasteiger partial charge on any atom is -0.481 e. The molecule has 4 aromatic rings. The monoisotopic (exact) mass is 582 g/mol. The van der Waals surface area contributed by atoms with Crippen LogP contribution in [0.15, 0.2) is 40.2 Å². The average molecular weight is 583 g/mol. The van der Waals surface area contributed by atoms with Crippen molar-refractivity contribution in [1.82, 2.24) is 38.9 Å². The van der Waals surface area contributed by atoms with Gasteiger partial charge in [0, 0.05) is 32.2 Å². The van der Waals surface area contributed by atoms with Gasteiger partial charge in [0.1, 0.15) is 16.2 Å². The number of likely N-dealkylation sites (N-methyl/N-ethyl adjacent to an activating group) is 1. The van der Waals surface area contributed by atoms with E-state index in [1.165, 1.54) is 16.6 Å². The van der Waals surface area contributed by atoms with E-state index in [2.05, 4.69) is 31.9 Å². The molecule has 5 rings (SSSR count). The Morgan fingerprint density at radius 2 is 1.83 bits per heavy atom. The normalized spacial score (nSPS) is 14.9. The van der Waals surface area contributed by atoms with E-state index >= 15 is 0 Å². The van der Waals surface area contributed by atoms with E-state index < -0.39 is 15.6 Å². The van der Waals surface area contributed by atoms with Crippen LogP contribution in [0.3, 0.4) is 0 Å². The quantitative estimate of drug-likeness (QED) is 0.294. The Hall–Kier alpha value is -3.88. The van der Waals surface area contributed by atoms with Crippen molar-refractivity contribution >= 4 is 21.1 Å². The van der Waals surface area contributed by atoms with Gasteiger partial charge in [-0.1, -0.05) is 19.9 Å². The number of methoxy groups -OCH3 is 1. The lowest BCUT2D eigenvalue weighted by atomic mass is 10.2. The number of rotatable bonds is 10. The lowest BCUT2D eigenvalue weighted by molar-refractivity contribution is 0.196. The number of aromatic amines is 1. The minimum absolute atomic E-state index is 0.0131. The first-order valence-electron chi connectivity index (χ1n) is 13.6. The summed E-state index contributed by atoms with van der Waals surface area (Å²) in [4.78, 5) is 31.8. The number of aromatic nitrogens is 6. The molecular weight excluding hydrogens is 548 g/mol. The molecular formula is C27H34N8O5S. The summed E-state index contributed by atoms with van der Waals surface area (Å²) in [5, 5.41) is 4.53. The third kappa shape index (κ3) is 5.67. The van der Waals surface area contributed by atoms with Crippen molar-refractivity contribution in [1.29, 1.82) is 0 Å². The fourth-order valence-electron chi connectivity index (χ4n) is 4.92. The van der Waals surface area contributed by atoms with E-state index in [0.717, 1.165) is 12.2 Å². The second-order valence-electron chi connectivity index (χ2n) is 9.54. The van der Waals surface area contributed by atoms with Gasteiger partial charge in [0.25, 0.3) is 5.56 Å². The molecule has 218 valence electrons. The van der Waals surface area contributed by atoms with Crippen molar-refractivity contribution in [2.45, 2.75) is 38.6 Å². The van der Waals surface area contributed by atoms with Gasteiger partial charge in [-0.3, -0.25) is 9.48 Å². The lowest BCUT2D eigenvalue weighted by Crippen LogP contribution is -2.48. The molecule has 1 N–H and O–H groups in total. The maximum absolute atomic E-state index is 13.5. The molecule has 0 atom stereocenters. The van der Waals surface area contributed by atoms with Crippen LogP contribution >= 0.6 is 0 Å². The van der Waals surface area contributed by atoms with Crippen molar-refractivity contribution in [3.8, 4) is 23.1 Å². The summed E-state index contributed by atoms with van der Waals surface area (Å²) >= 11 is 0. The number of aryl methyl sites for hydroxylation is 1. The summed E-state index contributed by atoms with van der Waals surface area (Å²) in [5.41, 5.74) is 1.87. The number of sulfonamides is 1. The fraction of sp³-hybridized carbons (Fsp3) is 0.444. The SMILES string of the molecule is CCOc1ncc(S(=O)(=O)N2CCN(CC)CC2)cc1-c1nc2c(CC)n(Cc3cccc(OC)n3)nc2c(=O)[nH]1. The van der Waals surface area contributed by atoms with Crippen molar-refractivity contribution in [2.24, 2.45) is 0 Å². The molecule has 41 heavy (non-hydrogen) atoms. The van der Waals surface area contributed by atoms with Crippen LogP contribution in [-0.4, -0.2) is 93.8 Å². The van der Waals surface area contributed by atoms with Crippen LogP contribution in [0.2, 0.25) is 0 Å². The number of nitrogens with zero attached hydrogens (tertiary/aromatic N) is 7. The van der Waals surface area contributed by atoms with Gasteiger partial charge in [0.15, 0.2) is 5.52 Å². The van der Waals surface area contributed by atoms with E-state index in [-0.39, 0.29) is 27.7 Å². The average Bonchev–Trinajstić information content (AvgIpc) is 3.34. The number of H-pyrrole nitrogens is 1. The molecule has 13 nitrogen and oxygen atoms in total. The largest absolute Gasteiger partial charge is 0.481 e. The van der Waals surface area contributed by atoms with Gasteiger partial charge in [0.05, 0.1) is 43.4 Å². The lowest BCUT2D eigenvalue weighted by Gasteiger charge is -2.33. The molecule has 1 fully saturated rings. The van der Waals surface area contributed by atoms with Crippen LogP contribution in [0.4, 0.5) is 0 Å². The van der Waals surface area contributed by atoms with Gasteiger partial charge in [0.2, 0.25) is 21.8 Å². The van der Waals surface area contributed by atoms with Crippen LogP contribution < -0.4 is 15.0 Å². The summed E-state index contributed by atoms with van der Waals surface area (Å²) < 4.78 is 41.2. The van der Waals surface area contributed by atoms with E-state index in [1.807, 2.05) is 19.1 Å². The smallest absolute Gasteiger partial charge is 0.279 e. The minimum atomic E-state index is -3.82. The topological polar surface area (TPSA) is 148 Å². The summed E-state index contributed by atoms with van der Waals surface area (Å²) in [6, 6.07) is 6.92. The predicted molar refractivity (Wildman–Crippen MR) is 153 cm³/mol. The molecule has 0 spiro atoms. The predicted octanol–water partition coefficient (Wildman–Crippen LogP) is 1.92. The zero-order chi connectivity index (χ0) is 29.1. The van der Waals surface area contributed by atoms with Crippen LogP contribution in [0.1, 0.15) is 32.2 Å². The second-order valence-corrected chi connectivity index (χ2v) is 11.5. The maximum atomic E-state index is 13.5. The Morgan fingerprint density at radius 1 is 1.05 bits per heavy atom. The number of hydrogen-bond acceptors (Lipinski definition) is 10. The highest BCUT2D eigenvalue weighted by Gasteiger charge is 2.30. The van der Waals surface area contributed by atoms with Crippen LogP contribution in [0, 0.1) is 0 Å². The van der Waals surface area contributed by atoms with Gasteiger partial charge in [-0.05, 0) is 32.0 Å². The van der Waals surface area contributed by atoms with Gasteiger partial charge in [-0.25, -0.2) is 23.4 Å². The highest BCUT2D eigenvalue weighted by atomic mass is 32.2. The number of nitrogens with one attached hydrogen (secondary N) is 1. The Bertz CT molecular complexity index is 1710. The molecule has 0 saturated carbocycles. The van der Waals surface area contributed by atoms with E-state index in [4.69, 9.17) is 14.5 Å². The number of pyridine rings is 2. The Balaban J connectivity index is 1.57. The summed E-state index contributed by atoms with van der Waals surface area (Å²) in [7, 11) is -2.27. The first-order chi connectivity index (χ1) is 19.8. The molecule has 4 aromatic heterocycles. The van der Waals surface area contributed by atoms with E-state index in [9.17, 15) is 13.2 Å². The Morgan fingerprint density at radius 3 is 2.51 bits per heavy atom. The maximum Gasteiger partial charge on any atom is 0.279 e. The highest BCUT2D eigenvalue weighted by Crippen LogP contribution is 2.30. The van der Waals surface area contributed by atoms with E-state index in [0.29, 0.717) is 62.8 Å². The molecule has 14 heteroatoms. The second kappa shape index (κ2) is 11.9. The first-order valence-corrected chi connectivity index (χ1v) is 15.1. The number of hydrogen-bond donors (Lipinski definition) is 1. The van der Waals surface area contributed by atoms with Gasteiger partial charge < -0.3 is 19.4 Å². The van der Waals surface area contributed by atoms with Crippen molar-refractivity contribution < 1.29 is 17.9 Å². The van der Waals surface area contributed by atoms with Gasteiger partial charge in [-0.2, -0.15) is 9.40 Å². The van der Waals surface area contributed by atoms with Gasteiger partial charge in [-0.15, -0.1) is 0 Å². The molecule has 1 aliphatic rings. The number of ether oxygens (including phenoxy) is 2. The molecule has 0 unspecified atom stereocenters. The third-order valence-electron chi connectivity index (χ3n) is 7.12. The third-order valence-corrected chi connectivity index (χ3v) is 8.98. The van der Waals surface area contributed by atoms with Crippen molar-refractivity contribution in [3.63, 3.8) is 0 Å². The zero-order valence-corrected chi connectivity index (χ0v) is 24.4. The van der Waals surface area contributed by atoms with Crippen LogP contribution in [0.25, 0.3) is 22.4 Å². The Kier molecular flexibility index (Phi) is 8.33. The number of fused-ring (bicyclic) bond motifs is 1. The molecule has 0 aliphatic carbocycles. The molecule has 0 aromatic carbocycles. The standard InChI is InChI=1S/C27H34N8O5S/c1-5-21-23-24(32-35(21)17-18-9-8-10-22(29-18)39-4)26(36)31-25(30-23)20-15-19(16-28-27(20)40-7-3)41(37,38)34-13-11-33(6-2)12-14-34/h8-10,15-16H,5-7,11-14,17H2,1-4H3,(H,30,31,36). The molecule has 1 aliphatic heterocycles. The summed E-state index contributed by atoms with van der Waals surface area (Å²) in [6.07, 6.45) is 1.84.